The Hall–Kier alpha value is -7.13. The van der Waals surface area contributed by atoms with E-state index in [4.69, 9.17) is 9.97 Å². The third-order valence-corrected chi connectivity index (χ3v) is 15.3. The van der Waals surface area contributed by atoms with Crippen molar-refractivity contribution in [2.45, 2.75) is 92.4 Å². The molecule has 4 nitrogen and oxygen atoms in total. The molecule has 10 aromatic rings. The molecule has 0 aliphatic rings. The maximum atomic E-state index is 12.7. The number of hydrogen-bond donors (Lipinski definition) is 1. The molecule has 0 unspecified atom stereocenters. The second-order valence-electron chi connectivity index (χ2n) is 23.3. The number of nitrogens with zero attached hydrogens (tertiary/aromatic N) is 3. The van der Waals surface area contributed by atoms with Crippen molar-refractivity contribution >= 4 is 11.0 Å². The molecule has 5 heteroatoms. The van der Waals surface area contributed by atoms with Gasteiger partial charge in [0.05, 0.1) is 22.3 Å². The van der Waals surface area contributed by atoms with E-state index in [1.807, 2.05) is 12.3 Å². The maximum Gasteiger partial charge on any atom is 0.148 e. The van der Waals surface area contributed by atoms with E-state index in [-0.39, 0.29) is 48.5 Å². The van der Waals surface area contributed by atoms with Crippen LogP contribution in [0.5, 0.6) is 5.75 Å². The van der Waals surface area contributed by atoms with Gasteiger partial charge in [0.2, 0.25) is 0 Å². The minimum Gasteiger partial charge on any atom is -0.507 e. The third-order valence-electron chi connectivity index (χ3n) is 15.3. The monoisotopic (exact) mass is 1150 g/mol. The molecule has 0 saturated heterocycles. The number of benzene rings is 8. The van der Waals surface area contributed by atoms with E-state index < -0.39 is 0 Å². The second-order valence-corrected chi connectivity index (χ2v) is 23.3. The first kappa shape index (κ1) is 51.8. The number of fused-ring (bicyclic) bond motifs is 1. The smallest absolute Gasteiger partial charge is 0.148 e. The van der Waals surface area contributed by atoms with Crippen molar-refractivity contribution in [1.82, 2.24) is 14.5 Å². The van der Waals surface area contributed by atoms with Crippen molar-refractivity contribution in [3.8, 4) is 89.7 Å². The van der Waals surface area contributed by atoms with Crippen LogP contribution >= 0.6 is 0 Å². The molecule has 74 heavy (non-hydrogen) atoms. The predicted octanol–water partition coefficient (Wildman–Crippen LogP) is 18.5. The van der Waals surface area contributed by atoms with Crippen LogP contribution in [-0.2, 0) is 37.3 Å². The molecule has 0 aliphatic heterocycles. The van der Waals surface area contributed by atoms with Crippen LogP contribution in [0.4, 0.5) is 0 Å². The van der Waals surface area contributed by atoms with Gasteiger partial charge in [0.25, 0.3) is 0 Å². The van der Waals surface area contributed by atoms with E-state index in [1.54, 1.807) is 0 Å². The number of imidazole rings is 1. The van der Waals surface area contributed by atoms with Gasteiger partial charge in [-0.3, -0.25) is 9.55 Å². The van der Waals surface area contributed by atoms with Gasteiger partial charge in [-0.25, -0.2) is 4.98 Å². The first-order chi connectivity index (χ1) is 34.8. The molecule has 0 saturated carbocycles. The van der Waals surface area contributed by atoms with E-state index in [2.05, 4.69) is 269 Å². The average Bonchev–Trinajstić information content (AvgIpc) is 3.77. The molecular formula is C69H66N3OPt-. The molecule has 0 aliphatic carbocycles. The molecule has 374 valence electrons. The largest absolute Gasteiger partial charge is 0.507 e. The van der Waals surface area contributed by atoms with Gasteiger partial charge in [-0.2, -0.15) is 0 Å². The minimum absolute atomic E-state index is 0. The zero-order chi connectivity index (χ0) is 51.5. The van der Waals surface area contributed by atoms with Gasteiger partial charge < -0.3 is 5.11 Å². The number of hydrogen-bond acceptors (Lipinski definition) is 3. The molecule has 0 amide bonds. The second kappa shape index (κ2) is 20.0. The van der Waals surface area contributed by atoms with E-state index in [9.17, 15) is 5.11 Å². The molecule has 10 rings (SSSR count). The van der Waals surface area contributed by atoms with Crippen LogP contribution in [0.15, 0.2) is 194 Å². The molecule has 1 N–H and O–H groups in total. The first-order valence-corrected chi connectivity index (χ1v) is 25.6. The molecule has 0 fully saturated rings. The summed E-state index contributed by atoms with van der Waals surface area (Å²) in [6, 6.07) is 70.7. The Morgan fingerprint density at radius 1 is 0.446 bits per heavy atom. The van der Waals surface area contributed by atoms with Crippen molar-refractivity contribution in [3.05, 3.63) is 217 Å². The fourth-order valence-electron chi connectivity index (χ4n) is 9.85. The van der Waals surface area contributed by atoms with Gasteiger partial charge in [-0.15, -0.1) is 23.8 Å². The third kappa shape index (κ3) is 9.98. The van der Waals surface area contributed by atoms with E-state index in [0.717, 1.165) is 83.6 Å². The molecular weight excluding hydrogens is 1080 g/mol. The van der Waals surface area contributed by atoms with Crippen LogP contribution in [0.1, 0.15) is 92.9 Å². The van der Waals surface area contributed by atoms with Gasteiger partial charge in [0.1, 0.15) is 11.6 Å². The van der Waals surface area contributed by atoms with Crippen LogP contribution in [0.25, 0.3) is 95.0 Å². The average molecular weight is 1150 g/mol. The van der Waals surface area contributed by atoms with Crippen molar-refractivity contribution in [1.29, 1.82) is 0 Å². The summed E-state index contributed by atoms with van der Waals surface area (Å²) in [5, 5.41) is 12.7. The topological polar surface area (TPSA) is 50.9 Å². The zero-order valence-electron chi connectivity index (χ0n) is 44.6. The number of aromatic nitrogens is 3. The molecule has 8 aromatic carbocycles. The fraction of sp³-hybridized carbons (Fsp3) is 0.217. The summed E-state index contributed by atoms with van der Waals surface area (Å²) in [5.74, 6) is 0.912. The normalized spacial score (nSPS) is 12.2. The fourth-order valence-corrected chi connectivity index (χ4v) is 9.85. The molecule has 0 atom stereocenters. The summed E-state index contributed by atoms with van der Waals surface area (Å²) in [7, 11) is 0. The van der Waals surface area contributed by atoms with E-state index >= 15 is 0 Å². The van der Waals surface area contributed by atoms with Gasteiger partial charge in [0, 0.05) is 44.1 Å². The van der Waals surface area contributed by atoms with Gasteiger partial charge in [-0.05, 0) is 96.5 Å². The van der Waals surface area contributed by atoms with Gasteiger partial charge in [0.15, 0.2) is 0 Å². The predicted molar refractivity (Wildman–Crippen MR) is 307 cm³/mol. The molecule has 2 aromatic heterocycles. The summed E-state index contributed by atoms with van der Waals surface area (Å²) in [6.45, 7) is 24.8. The van der Waals surface area contributed by atoms with Gasteiger partial charge in [-0.1, -0.05) is 238 Å². The number of phenols is 1. The van der Waals surface area contributed by atoms with Crippen LogP contribution < -0.4 is 0 Å². The van der Waals surface area contributed by atoms with E-state index in [0.29, 0.717) is 11.4 Å². The SMILES string of the molecule is CC(C)(C)c1cc(-c2nc3c(-c4[c-]c(-c5cc(-c6ccc(-c7ccccc7)cc6)ccn5)cc(-c5ccccc5)c4)cccc3n2-c2ccc(C(C)(C)C(C)(C)C)cc2-c2ccccc2)c(O)c(C(C)(C)C)c1.[Pt]. The summed E-state index contributed by atoms with van der Waals surface area (Å²) in [5.41, 5.74) is 18.4. The molecule has 0 spiro atoms. The number of para-hydroxylation sites is 1. The quantitative estimate of drug-likeness (QED) is 0.147. The number of aromatic hydroxyl groups is 1. The Morgan fingerprint density at radius 2 is 1.00 bits per heavy atom. The number of rotatable bonds is 9. The Labute approximate surface area is 453 Å². The summed E-state index contributed by atoms with van der Waals surface area (Å²) >= 11 is 0. The maximum absolute atomic E-state index is 12.7. The number of phenolic OH excluding ortho intramolecular Hbond substituents is 1. The Bertz CT molecular complexity index is 3630. The van der Waals surface area contributed by atoms with Crippen molar-refractivity contribution in [3.63, 3.8) is 0 Å². The minimum atomic E-state index is -0.350. The Kier molecular flexibility index (Phi) is 14.0. The summed E-state index contributed by atoms with van der Waals surface area (Å²) < 4.78 is 2.29. The van der Waals surface area contributed by atoms with Crippen LogP contribution in [0, 0.1) is 11.5 Å². The number of pyridine rings is 1. The van der Waals surface area contributed by atoms with Crippen LogP contribution in [0.3, 0.4) is 0 Å². The standard InChI is InChI=1S/C69H66N3O.Pt/c1-66(2,3)55-43-58(64(73)59(44-55)67(4,5)6)65-71-63-56(28-21-29-62(63)72(65)61-35-34-54(69(10,11)68(7,8)9)42-57(61)49-26-19-14-20-27-49)52-38-51(46-24-17-13-18-25-46)39-53(40-52)60-41-50(36-37-70-60)48-32-30-47(31-33-48)45-22-15-12-16-23-45;/h12-39,41-44,73H,1-11H3;/q-1;. The van der Waals surface area contributed by atoms with Crippen LogP contribution in [0.2, 0.25) is 0 Å². The first-order valence-electron chi connectivity index (χ1n) is 25.6. The zero-order valence-corrected chi connectivity index (χ0v) is 46.9. The van der Waals surface area contributed by atoms with Crippen LogP contribution in [-0.4, -0.2) is 19.6 Å². The van der Waals surface area contributed by atoms with Crippen molar-refractivity contribution < 1.29 is 26.2 Å². The molecule has 0 radical (unpaired) electrons. The van der Waals surface area contributed by atoms with Crippen molar-refractivity contribution in [2.75, 3.05) is 0 Å². The molecule has 2 heterocycles. The molecule has 0 bridgehead atoms. The van der Waals surface area contributed by atoms with Crippen molar-refractivity contribution in [2.24, 2.45) is 5.41 Å². The van der Waals surface area contributed by atoms with Gasteiger partial charge >= 0.3 is 0 Å². The summed E-state index contributed by atoms with van der Waals surface area (Å²) in [4.78, 5) is 10.7. The Balaban J connectivity index is 0.00000672. The Morgan fingerprint density at radius 3 is 1.59 bits per heavy atom. The summed E-state index contributed by atoms with van der Waals surface area (Å²) in [6.07, 6.45) is 1.90. The van der Waals surface area contributed by atoms with E-state index in [1.165, 1.54) is 16.7 Å².